The lowest BCUT2D eigenvalue weighted by atomic mass is 10.0. The molecule has 0 radical (unpaired) electrons. The van der Waals surface area contributed by atoms with E-state index in [-0.39, 0.29) is 17.9 Å². The van der Waals surface area contributed by atoms with Crippen molar-refractivity contribution >= 4 is 11.8 Å². The molecule has 2 N–H and O–H groups in total. The first-order valence-corrected chi connectivity index (χ1v) is 10.6. The Labute approximate surface area is 187 Å². The van der Waals surface area contributed by atoms with Gasteiger partial charge in [-0.1, -0.05) is 0 Å². The van der Waals surface area contributed by atoms with Crippen LogP contribution in [-0.4, -0.2) is 45.2 Å². The smallest absolute Gasteiger partial charge is 0.278 e. The lowest BCUT2D eigenvalue weighted by Gasteiger charge is -2.50. The van der Waals surface area contributed by atoms with Crippen LogP contribution in [0.15, 0.2) is 23.1 Å². The second-order valence-corrected chi connectivity index (χ2v) is 8.39. The average molecular weight is 464 g/mol. The number of fused-ring (bicyclic) bond motifs is 3. The molecule has 1 atom stereocenters. The van der Waals surface area contributed by atoms with Gasteiger partial charge >= 0.3 is 0 Å². The number of rotatable bonds is 4. The van der Waals surface area contributed by atoms with Gasteiger partial charge in [-0.3, -0.25) is 24.1 Å². The maximum atomic E-state index is 13.9. The zero-order valence-electron chi connectivity index (χ0n) is 18.1. The van der Waals surface area contributed by atoms with Gasteiger partial charge in [0, 0.05) is 43.0 Å². The van der Waals surface area contributed by atoms with Crippen molar-refractivity contribution in [3.8, 4) is 5.75 Å². The lowest BCUT2D eigenvalue weighted by Crippen LogP contribution is -2.64. The number of pyridine rings is 1. The predicted molar refractivity (Wildman–Crippen MR) is 112 cm³/mol. The molecule has 176 valence electrons. The van der Waals surface area contributed by atoms with Crippen LogP contribution in [0.4, 0.5) is 13.2 Å². The third-order valence-corrected chi connectivity index (χ3v) is 5.98. The molecule has 1 saturated heterocycles. The molecule has 3 heterocycles. The van der Waals surface area contributed by atoms with Gasteiger partial charge < -0.3 is 15.3 Å². The van der Waals surface area contributed by atoms with Crippen molar-refractivity contribution in [3.63, 3.8) is 0 Å². The third-order valence-electron chi connectivity index (χ3n) is 5.98. The molecule has 2 aliphatic rings. The number of hydrogen-bond donors (Lipinski definition) is 2. The molecule has 0 saturated carbocycles. The van der Waals surface area contributed by atoms with Crippen LogP contribution in [0.1, 0.15) is 59.5 Å². The highest BCUT2D eigenvalue weighted by molar-refractivity contribution is 5.99. The third kappa shape index (κ3) is 3.81. The Morgan fingerprint density at radius 3 is 2.48 bits per heavy atom. The molecule has 33 heavy (non-hydrogen) atoms. The number of amides is 2. The van der Waals surface area contributed by atoms with Gasteiger partial charge in [0.05, 0.1) is 0 Å². The molecule has 2 amide bonds. The number of hydrogen-bond acceptors (Lipinski definition) is 5. The number of carbonyl (C=O) groups is 2. The summed E-state index contributed by atoms with van der Waals surface area (Å²) in [6.45, 7) is 3.56. The van der Waals surface area contributed by atoms with E-state index in [4.69, 9.17) is 0 Å². The number of benzene rings is 1. The Bertz CT molecular complexity index is 1170. The van der Waals surface area contributed by atoms with Crippen molar-refractivity contribution in [3.05, 3.63) is 62.8 Å². The molecule has 1 fully saturated rings. The average Bonchev–Trinajstić information content (AvgIpc) is 2.74. The second kappa shape index (κ2) is 8.45. The minimum atomic E-state index is -1.19. The zero-order chi connectivity index (χ0) is 24.0. The largest absolute Gasteiger partial charge is 0.502 e. The van der Waals surface area contributed by atoms with Crippen molar-refractivity contribution in [2.24, 2.45) is 0 Å². The number of nitrogens with one attached hydrogen (secondary N) is 1. The molecule has 0 bridgehead atoms. The number of carbonyl (C=O) groups excluding carboxylic acids is 2. The summed E-state index contributed by atoms with van der Waals surface area (Å²) in [5, 5.41) is 14.6. The van der Waals surface area contributed by atoms with Gasteiger partial charge in [0.1, 0.15) is 29.2 Å². The maximum Gasteiger partial charge on any atom is 0.278 e. The molecule has 4 rings (SSSR count). The molecular weight excluding hydrogens is 441 g/mol. The number of piperidine rings is 1. The molecule has 0 unspecified atom stereocenters. The van der Waals surface area contributed by atoms with Crippen LogP contribution in [0.25, 0.3) is 0 Å². The van der Waals surface area contributed by atoms with Crippen LogP contribution < -0.4 is 15.8 Å². The molecule has 1 aromatic carbocycles. The first-order chi connectivity index (χ1) is 15.6. The van der Waals surface area contributed by atoms with Gasteiger partial charge in [-0.15, -0.1) is 0 Å². The topological polar surface area (TPSA) is 94.9 Å². The van der Waals surface area contributed by atoms with E-state index in [9.17, 15) is 32.7 Å². The molecule has 0 aliphatic carbocycles. The Kier molecular flexibility index (Phi) is 5.81. The highest BCUT2D eigenvalue weighted by Crippen LogP contribution is 2.31. The molecule has 1 aromatic heterocycles. The number of aromatic nitrogens is 1. The Morgan fingerprint density at radius 1 is 1.18 bits per heavy atom. The van der Waals surface area contributed by atoms with E-state index >= 15 is 0 Å². The van der Waals surface area contributed by atoms with Crippen molar-refractivity contribution in [2.45, 2.75) is 51.9 Å². The molecular formula is C22H23F3N4O4. The number of aromatic hydroxyl groups is 1. The van der Waals surface area contributed by atoms with E-state index in [1.54, 1.807) is 4.90 Å². The van der Waals surface area contributed by atoms with Crippen LogP contribution in [0, 0.1) is 17.5 Å². The minimum absolute atomic E-state index is 0.185. The molecule has 2 aromatic rings. The Hall–Kier alpha value is -3.50. The summed E-state index contributed by atoms with van der Waals surface area (Å²) in [6.07, 6.45) is 3.24. The Morgan fingerprint density at radius 2 is 1.85 bits per heavy atom. The predicted octanol–water partition coefficient (Wildman–Crippen LogP) is 2.21. The first-order valence-electron chi connectivity index (χ1n) is 10.6. The number of nitrogens with zero attached hydrogens (tertiary/aromatic N) is 3. The standard InChI is InChI=1S/C22H23F3N4O4/c1-11(2)29-17-5-3-4-6-27(17)28-10-14(19(30)20(31)18(28)22(29)33)21(32)26-9-13-15(24)7-12(23)8-16(13)25/h7-8,10-11,17,31H,3-6,9H2,1-2H3,(H,26,32)/t17-/m1/s1. The van der Waals surface area contributed by atoms with Gasteiger partial charge in [-0.2, -0.15) is 0 Å². The van der Waals surface area contributed by atoms with E-state index in [0.29, 0.717) is 25.1 Å². The van der Waals surface area contributed by atoms with Gasteiger partial charge in [0.2, 0.25) is 5.43 Å². The quantitative estimate of drug-likeness (QED) is 0.724. The van der Waals surface area contributed by atoms with Crippen molar-refractivity contribution in [2.75, 3.05) is 11.6 Å². The van der Waals surface area contributed by atoms with Gasteiger partial charge in [-0.05, 0) is 33.1 Å². The SMILES string of the molecule is CC(C)N1C(=O)c2c(O)c(=O)c(C(=O)NCc3c(F)cc(F)cc3F)cn2N2CCCC[C@@H]12. The zero-order valence-corrected chi connectivity index (χ0v) is 18.1. The second-order valence-electron chi connectivity index (χ2n) is 8.39. The van der Waals surface area contributed by atoms with E-state index in [2.05, 4.69) is 5.32 Å². The summed E-state index contributed by atoms with van der Waals surface area (Å²) in [6, 6.07) is 0.773. The normalized spacial score (nSPS) is 17.8. The fourth-order valence-corrected chi connectivity index (χ4v) is 4.43. The van der Waals surface area contributed by atoms with Crippen LogP contribution in [0.3, 0.4) is 0 Å². The van der Waals surface area contributed by atoms with Crippen LogP contribution in [0.2, 0.25) is 0 Å². The van der Waals surface area contributed by atoms with Crippen LogP contribution >= 0.6 is 0 Å². The van der Waals surface area contributed by atoms with Gasteiger partial charge in [-0.25, -0.2) is 13.2 Å². The monoisotopic (exact) mass is 464 g/mol. The first kappa shape index (κ1) is 22.7. The highest BCUT2D eigenvalue weighted by Gasteiger charge is 2.42. The fraction of sp³-hybridized carbons (Fsp3) is 0.409. The van der Waals surface area contributed by atoms with Crippen molar-refractivity contribution in [1.82, 2.24) is 14.9 Å². The van der Waals surface area contributed by atoms with Crippen LogP contribution in [0.5, 0.6) is 5.75 Å². The summed E-state index contributed by atoms with van der Waals surface area (Å²) >= 11 is 0. The van der Waals surface area contributed by atoms with E-state index < -0.39 is 58.1 Å². The summed E-state index contributed by atoms with van der Waals surface area (Å²) in [5.74, 6) is -5.87. The van der Waals surface area contributed by atoms with Gasteiger partial charge in [0.25, 0.3) is 11.8 Å². The minimum Gasteiger partial charge on any atom is -0.502 e. The summed E-state index contributed by atoms with van der Waals surface area (Å²) < 4.78 is 42.2. The molecule has 2 aliphatic heterocycles. The van der Waals surface area contributed by atoms with E-state index in [1.165, 1.54) is 4.68 Å². The fourth-order valence-electron chi connectivity index (χ4n) is 4.43. The van der Waals surface area contributed by atoms with Crippen molar-refractivity contribution < 1.29 is 27.9 Å². The van der Waals surface area contributed by atoms with E-state index in [1.807, 2.05) is 18.9 Å². The van der Waals surface area contributed by atoms with Crippen LogP contribution in [-0.2, 0) is 6.54 Å². The molecule has 0 spiro atoms. The Balaban J connectivity index is 1.71. The van der Waals surface area contributed by atoms with E-state index in [0.717, 1.165) is 19.0 Å². The molecule has 11 heteroatoms. The maximum absolute atomic E-state index is 13.9. The summed E-state index contributed by atoms with van der Waals surface area (Å²) in [7, 11) is 0. The number of halogens is 3. The highest BCUT2D eigenvalue weighted by atomic mass is 19.1. The van der Waals surface area contributed by atoms with Crippen molar-refractivity contribution in [1.29, 1.82) is 0 Å². The summed E-state index contributed by atoms with van der Waals surface area (Å²) in [5.41, 5.74) is -2.38. The molecule has 8 nitrogen and oxygen atoms in total. The summed E-state index contributed by atoms with van der Waals surface area (Å²) in [4.78, 5) is 40.2. The van der Waals surface area contributed by atoms with Gasteiger partial charge in [0.15, 0.2) is 11.4 Å². The lowest BCUT2D eigenvalue weighted by molar-refractivity contribution is 0.0429.